The van der Waals surface area contributed by atoms with E-state index in [1.165, 1.54) is 0 Å². The Morgan fingerprint density at radius 2 is 2.11 bits per heavy atom. The third-order valence-corrected chi connectivity index (χ3v) is 6.90. The van der Waals surface area contributed by atoms with Crippen molar-refractivity contribution in [2.75, 3.05) is 24.5 Å². The second-order valence-corrected chi connectivity index (χ2v) is 8.71. The number of hydrogen-bond acceptors (Lipinski definition) is 5. The predicted octanol–water partition coefficient (Wildman–Crippen LogP) is 1.99. The van der Waals surface area contributed by atoms with Gasteiger partial charge in [-0.25, -0.2) is 9.97 Å². The highest BCUT2D eigenvalue weighted by atomic mass is 16.3. The van der Waals surface area contributed by atoms with Gasteiger partial charge in [-0.15, -0.1) is 0 Å². The van der Waals surface area contributed by atoms with E-state index in [1.807, 2.05) is 12.3 Å². The number of aromatic nitrogens is 3. The summed E-state index contributed by atoms with van der Waals surface area (Å²) >= 11 is 0. The average molecular weight is 369 g/mol. The van der Waals surface area contributed by atoms with Crippen LogP contribution in [-0.2, 0) is 4.79 Å². The van der Waals surface area contributed by atoms with Gasteiger partial charge in [0.2, 0.25) is 5.91 Å². The number of aliphatic hydroxyl groups is 1. The van der Waals surface area contributed by atoms with Crippen molar-refractivity contribution in [3.8, 4) is 0 Å². The van der Waals surface area contributed by atoms with E-state index in [0.29, 0.717) is 6.54 Å². The zero-order valence-corrected chi connectivity index (χ0v) is 15.6. The molecule has 27 heavy (non-hydrogen) atoms. The SMILES string of the molecule is O=C(NCC1(O)CCCC1)C1CCN(c2ncnc3[nH]ccc23)CC12CC2. The van der Waals surface area contributed by atoms with E-state index in [-0.39, 0.29) is 17.2 Å². The van der Waals surface area contributed by atoms with Crippen molar-refractivity contribution in [2.24, 2.45) is 11.3 Å². The van der Waals surface area contributed by atoms with Crippen LogP contribution in [0, 0.1) is 11.3 Å². The molecule has 2 aromatic rings. The first-order valence-corrected chi connectivity index (χ1v) is 10.1. The minimum Gasteiger partial charge on any atom is -0.388 e. The number of fused-ring (bicyclic) bond motifs is 1. The summed E-state index contributed by atoms with van der Waals surface area (Å²) < 4.78 is 0. The Hall–Kier alpha value is -2.15. The van der Waals surface area contributed by atoms with Crippen molar-refractivity contribution in [1.82, 2.24) is 20.3 Å². The molecule has 7 heteroatoms. The fraction of sp³-hybridized carbons (Fsp3) is 0.650. The highest BCUT2D eigenvalue weighted by molar-refractivity contribution is 5.87. The molecule has 0 aromatic carbocycles. The maximum Gasteiger partial charge on any atom is 0.223 e. The van der Waals surface area contributed by atoms with Gasteiger partial charge in [0.15, 0.2) is 0 Å². The maximum absolute atomic E-state index is 12.9. The standard InChI is InChI=1S/C20H27N5O2/c26-18(22-11-20(27)5-1-2-6-20)15-4-10-25(12-19(15)7-8-19)17-14-3-9-21-16(14)23-13-24-17/h3,9,13,15,27H,1-2,4-8,10-12H2,(H,22,26)(H,21,23,24). The lowest BCUT2D eigenvalue weighted by Crippen LogP contribution is -2.50. The fourth-order valence-electron chi connectivity index (χ4n) is 5.11. The Kier molecular flexibility index (Phi) is 3.89. The summed E-state index contributed by atoms with van der Waals surface area (Å²) in [7, 11) is 0. The molecule has 5 rings (SSSR count). The Labute approximate surface area is 158 Å². The van der Waals surface area contributed by atoms with E-state index in [1.54, 1.807) is 6.33 Å². The number of amides is 1. The van der Waals surface area contributed by atoms with Crippen molar-refractivity contribution < 1.29 is 9.90 Å². The third kappa shape index (κ3) is 2.98. The van der Waals surface area contributed by atoms with Gasteiger partial charge in [0, 0.05) is 31.7 Å². The van der Waals surface area contributed by atoms with E-state index in [2.05, 4.69) is 25.2 Å². The van der Waals surface area contributed by atoms with Gasteiger partial charge < -0.3 is 20.3 Å². The molecular formula is C20H27N5O2. The third-order valence-electron chi connectivity index (χ3n) is 6.90. The second kappa shape index (κ2) is 6.19. The Morgan fingerprint density at radius 3 is 2.89 bits per heavy atom. The number of piperidine rings is 1. The lowest BCUT2D eigenvalue weighted by atomic mass is 9.81. The van der Waals surface area contributed by atoms with Gasteiger partial charge in [0.05, 0.1) is 11.0 Å². The molecule has 1 saturated heterocycles. The Bertz CT molecular complexity index is 853. The van der Waals surface area contributed by atoms with E-state index in [4.69, 9.17) is 0 Å². The topological polar surface area (TPSA) is 94.1 Å². The van der Waals surface area contributed by atoms with Crippen LogP contribution in [0.3, 0.4) is 0 Å². The largest absolute Gasteiger partial charge is 0.388 e. The fourth-order valence-corrected chi connectivity index (χ4v) is 5.11. The first-order valence-electron chi connectivity index (χ1n) is 10.1. The van der Waals surface area contributed by atoms with Gasteiger partial charge in [-0.1, -0.05) is 12.8 Å². The molecule has 2 saturated carbocycles. The van der Waals surface area contributed by atoms with Crippen LogP contribution >= 0.6 is 0 Å². The molecule has 1 spiro atoms. The molecule has 1 atom stereocenters. The first-order chi connectivity index (χ1) is 13.1. The highest BCUT2D eigenvalue weighted by Gasteiger charge is 2.55. The number of anilines is 1. The van der Waals surface area contributed by atoms with E-state index in [0.717, 1.165) is 74.9 Å². The summed E-state index contributed by atoms with van der Waals surface area (Å²) in [5.74, 6) is 1.14. The zero-order valence-electron chi connectivity index (χ0n) is 15.6. The molecule has 0 bridgehead atoms. The molecule has 3 fully saturated rings. The molecule has 2 aliphatic carbocycles. The molecule has 0 radical (unpaired) electrons. The predicted molar refractivity (Wildman–Crippen MR) is 102 cm³/mol. The number of nitrogens with one attached hydrogen (secondary N) is 2. The molecule has 1 unspecified atom stereocenters. The lowest BCUT2D eigenvalue weighted by molar-refractivity contribution is -0.129. The van der Waals surface area contributed by atoms with Crippen molar-refractivity contribution in [1.29, 1.82) is 0 Å². The van der Waals surface area contributed by atoms with Crippen LogP contribution in [-0.4, -0.2) is 51.2 Å². The van der Waals surface area contributed by atoms with Crippen LogP contribution in [0.4, 0.5) is 5.82 Å². The number of H-pyrrole nitrogens is 1. The molecule has 2 aromatic heterocycles. The van der Waals surface area contributed by atoms with Crippen LogP contribution in [0.5, 0.6) is 0 Å². The van der Waals surface area contributed by atoms with Crippen LogP contribution < -0.4 is 10.2 Å². The van der Waals surface area contributed by atoms with Crippen LogP contribution in [0.25, 0.3) is 11.0 Å². The molecule has 3 aliphatic rings. The second-order valence-electron chi connectivity index (χ2n) is 8.71. The minimum atomic E-state index is -0.687. The normalized spacial score (nSPS) is 25.8. The van der Waals surface area contributed by atoms with Crippen molar-refractivity contribution >= 4 is 22.8 Å². The van der Waals surface area contributed by atoms with E-state index >= 15 is 0 Å². The molecule has 1 amide bonds. The summed E-state index contributed by atoms with van der Waals surface area (Å²) in [6.07, 6.45) is 10.2. The summed E-state index contributed by atoms with van der Waals surface area (Å²) in [5, 5.41) is 14.6. The van der Waals surface area contributed by atoms with Crippen molar-refractivity contribution in [3.63, 3.8) is 0 Å². The number of carbonyl (C=O) groups is 1. The first kappa shape index (κ1) is 17.0. The summed E-state index contributed by atoms with van der Waals surface area (Å²) in [6.45, 7) is 2.09. The Morgan fingerprint density at radius 1 is 1.30 bits per heavy atom. The molecule has 7 nitrogen and oxygen atoms in total. The van der Waals surface area contributed by atoms with Gasteiger partial charge >= 0.3 is 0 Å². The number of aromatic amines is 1. The van der Waals surface area contributed by atoms with Gasteiger partial charge in [0.1, 0.15) is 17.8 Å². The highest BCUT2D eigenvalue weighted by Crippen LogP contribution is 2.56. The minimum absolute atomic E-state index is 0.0438. The Balaban J connectivity index is 1.28. The van der Waals surface area contributed by atoms with Crippen LogP contribution in [0.1, 0.15) is 44.9 Å². The van der Waals surface area contributed by atoms with Crippen molar-refractivity contribution in [2.45, 2.75) is 50.5 Å². The maximum atomic E-state index is 12.9. The molecule has 144 valence electrons. The van der Waals surface area contributed by atoms with Crippen LogP contribution in [0.15, 0.2) is 18.6 Å². The van der Waals surface area contributed by atoms with Crippen molar-refractivity contribution in [3.05, 3.63) is 18.6 Å². The smallest absolute Gasteiger partial charge is 0.223 e. The molecule has 3 N–H and O–H groups in total. The summed E-state index contributed by atoms with van der Waals surface area (Å²) in [6, 6.07) is 2.02. The number of rotatable bonds is 4. The quantitative estimate of drug-likeness (QED) is 0.766. The monoisotopic (exact) mass is 369 g/mol. The van der Waals surface area contributed by atoms with E-state index < -0.39 is 5.60 Å². The summed E-state index contributed by atoms with van der Waals surface area (Å²) in [5.41, 5.74) is 0.233. The lowest BCUT2D eigenvalue weighted by Gasteiger charge is -2.39. The van der Waals surface area contributed by atoms with Gasteiger partial charge in [0.25, 0.3) is 0 Å². The van der Waals surface area contributed by atoms with E-state index in [9.17, 15) is 9.90 Å². The number of nitrogens with zero attached hydrogens (tertiary/aromatic N) is 3. The van der Waals surface area contributed by atoms with Crippen LogP contribution in [0.2, 0.25) is 0 Å². The molecule has 3 heterocycles. The average Bonchev–Trinajstić information content (AvgIpc) is 3.09. The summed E-state index contributed by atoms with van der Waals surface area (Å²) in [4.78, 5) is 27.2. The molecular weight excluding hydrogens is 342 g/mol. The number of hydrogen-bond donors (Lipinski definition) is 3. The van der Waals surface area contributed by atoms with Gasteiger partial charge in [-0.05, 0) is 43.6 Å². The zero-order chi connectivity index (χ0) is 18.5. The number of carbonyl (C=O) groups excluding carboxylic acids is 1. The molecule has 1 aliphatic heterocycles. The van der Waals surface area contributed by atoms with Gasteiger partial charge in [-0.2, -0.15) is 0 Å². The van der Waals surface area contributed by atoms with Gasteiger partial charge in [-0.3, -0.25) is 4.79 Å².